The van der Waals surface area contributed by atoms with Crippen LogP contribution in [0.3, 0.4) is 0 Å². The highest BCUT2D eigenvalue weighted by molar-refractivity contribution is 5.66. The Morgan fingerprint density at radius 1 is 1.33 bits per heavy atom. The first-order valence-electron chi connectivity index (χ1n) is 6.04. The van der Waals surface area contributed by atoms with E-state index in [1.54, 1.807) is 7.11 Å². The lowest BCUT2D eigenvalue weighted by molar-refractivity contribution is 0.380. The molecule has 1 aliphatic rings. The Kier molecular flexibility index (Phi) is 2.76. The zero-order chi connectivity index (χ0) is 12.5. The Balaban J connectivity index is 2.10. The van der Waals surface area contributed by atoms with Crippen LogP contribution in [-0.2, 0) is 19.4 Å². The maximum absolute atomic E-state index is 5.47. The van der Waals surface area contributed by atoms with E-state index in [1.807, 2.05) is 0 Å². The number of nitrogens with zero attached hydrogens (tertiary/aromatic N) is 2. The van der Waals surface area contributed by atoms with Crippen LogP contribution < -0.4 is 10.5 Å². The minimum atomic E-state index is 0.250. The summed E-state index contributed by atoms with van der Waals surface area (Å²) in [5.41, 5.74) is 9.06. The number of nitrogens with two attached hydrogens (primary N) is 1. The van der Waals surface area contributed by atoms with E-state index in [1.165, 1.54) is 17.5 Å². The highest BCUT2D eigenvalue weighted by Crippen LogP contribution is 2.34. The lowest BCUT2D eigenvalue weighted by atomic mass is 10.0. The minimum absolute atomic E-state index is 0.250. The highest BCUT2D eigenvalue weighted by Gasteiger charge is 2.19. The molecule has 0 saturated heterocycles. The second kappa shape index (κ2) is 4.42. The molecule has 0 spiro atoms. The summed E-state index contributed by atoms with van der Waals surface area (Å²) in [7, 11) is 1.66. The highest BCUT2D eigenvalue weighted by atomic mass is 16.5. The molecular formula is C13H15N3O2. The lowest BCUT2D eigenvalue weighted by Crippen LogP contribution is -1.96. The van der Waals surface area contributed by atoms with Crippen LogP contribution in [-0.4, -0.2) is 17.3 Å². The molecular weight excluding hydrogens is 230 g/mol. The van der Waals surface area contributed by atoms with E-state index in [0.29, 0.717) is 11.7 Å². The summed E-state index contributed by atoms with van der Waals surface area (Å²) in [6, 6.07) is 4.18. The average molecular weight is 245 g/mol. The van der Waals surface area contributed by atoms with Crippen molar-refractivity contribution in [2.45, 2.75) is 25.8 Å². The van der Waals surface area contributed by atoms with Crippen LogP contribution in [0, 0.1) is 0 Å². The van der Waals surface area contributed by atoms with E-state index in [9.17, 15) is 0 Å². The monoisotopic (exact) mass is 245 g/mol. The van der Waals surface area contributed by atoms with Gasteiger partial charge >= 0.3 is 0 Å². The Labute approximate surface area is 105 Å². The van der Waals surface area contributed by atoms with Gasteiger partial charge in [0.25, 0.3) is 0 Å². The molecule has 0 bridgehead atoms. The maximum Gasteiger partial charge on any atom is 0.240 e. The zero-order valence-electron chi connectivity index (χ0n) is 10.3. The number of aromatic nitrogens is 2. The standard InChI is InChI=1S/C13H15N3O2/c1-17-11-6-9-4-2-3-8(9)5-10(11)13-15-12(7-14)18-16-13/h5-6H,2-4,7,14H2,1H3. The summed E-state index contributed by atoms with van der Waals surface area (Å²) in [6.07, 6.45) is 3.42. The van der Waals surface area contributed by atoms with Gasteiger partial charge in [0.2, 0.25) is 11.7 Å². The van der Waals surface area contributed by atoms with Crippen molar-refractivity contribution >= 4 is 0 Å². The molecule has 0 amide bonds. The molecule has 18 heavy (non-hydrogen) atoms. The number of benzene rings is 1. The Bertz CT molecular complexity index is 578. The summed E-state index contributed by atoms with van der Waals surface area (Å²) in [5, 5.41) is 3.95. The molecule has 0 atom stereocenters. The molecule has 1 heterocycles. The van der Waals surface area contributed by atoms with Gasteiger partial charge in [0, 0.05) is 0 Å². The van der Waals surface area contributed by atoms with E-state index in [-0.39, 0.29) is 6.54 Å². The predicted octanol–water partition coefficient (Wildman–Crippen LogP) is 1.69. The van der Waals surface area contributed by atoms with Gasteiger partial charge in [0.1, 0.15) is 5.75 Å². The minimum Gasteiger partial charge on any atom is -0.496 e. The molecule has 0 aliphatic heterocycles. The molecule has 94 valence electrons. The van der Waals surface area contributed by atoms with E-state index in [2.05, 4.69) is 22.3 Å². The summed E-state index contributed by atoms with van der Waals surface area (Å²) >= 11 is 0. The zero-order valence-corrected chi connectivity index (χ0v) is 10.3. The van der Waals surface area contributed by atoms with E-state index in [0.717, 1.165) is 24.2 Å². The van der Waals surface area contributed by atoms with Crippen LogP contribution in [0.1, 0.15) is 23.4 Å². The van der Waals surface area contributed by atoms with Gasteiger partial charge in [-0.05, 0) is 42.5 Å². The van der Waals surface area contributed by atoms with Gasteiger partial charge in [0.15, 0.2) is 0 Å². The first-order chi connectivity index (χ1) is 8.81. The van der Waals surface area contributed by atoms with E-state index < -0.39 is 0 Å². The second-order valence-electron chi connectivity index (χ2n) is 4.39. The third-order valence-corrected chi connectivity index (χ3v) is 3.30. The van der Waals surface area contributed by atoms with Crippen molar-refractivity contribution in [1.29, 1.82) is 0 Å². The maximum atomic E-state index is 5.47. The molecule has 3 rings (SSSR count). The van der Waals surface area contributed by atoms with Crippen LogP contribution in [0.2, 0.25) is 0 Å². The smallest absolute Gasteiger partial charge is 0.240 e. The van der Waals surface area contributed by atoms with E-state index >= 15 is 0 Å². The normalized spacial score (nSPS) is 13.7. The van der Waals surface area contributed by atoms with Gasteiger partial charge in [0.05, 0.1) is 19.2 Å². The van der Waals surface area contributed by atoms with Gasteiger partial charge in [-0.2, -0.15) is 4.98 Å². The third-order valence-electron chi connectivity index (χ3n) is 3.30. The van der Waals surface area contributed by atoms with Crippen LogP contribution in [0.25, 0.3) is 11.4 Å². The summed E-state index contributed by atoms with van der Waals surface area (Å²) < 4.78 is 10.5. The number of hydrogen-bond donors (Lipinski definition) is 1. The molecule has 0 fully saturated rings. The third kappa shape index (κ3) is 1.76. The molecule has 0 saturated carbocycles. The summed E-state index contributed by atoms with van der Waals surface area (Å²) in [6.45, 7) is 0.250. The molecule has 5 heteroatoms. The first kappa shape index (κ1) is 11.2. The fourth-order valence-corrected chi connectivity index (χ4v) is 2.39. The summed E-state index contributed by atoms with van der Waals surface area (Å²) in [5.74, 6) is 1.77. The quantitative estimate of drug-likeness (QED) is 0.890. The number of hydrogen-bond acceptors (Lipinski definition) is 5. The molecule has 0 radical (unpaired) electrons. The average Bonchev–Trinajstić information content (AvgIpc) is 3.05. The van der Waals surface area contributed by atoms with Gasteiger partial charge in [-0.3, -0.25) is 0 Å². The van der Waals surface area contributed by atoms with Crippen LogP contribution in [0.5, 0.6) is 5.75 Å². The van der Waals surface area contributed by atoms with E-state index in [4.69, 9.17) is 15.0 Å². The van der Waals surface area contributed by atoms with Crippen LogP contribution >= 0.6 is 0 Å². The molecule has 0 unspecified atom stereocenters. The van der Waals surface area contributed by atoms with Crippen LogP contribution in [0.4, 0.5) is 0 Å². The molecule has 2 aromatic rings. The van der Waals surface area contributed by atoms with Crippen molar-refractivity contribution in [2.75, 3.05) is 7.11 Å². The van der Waals surface area contributed by atoms with Gasteiger partial charge < -0.3 is 15.0 Å². The number of methoxy groups -OCH3 is 1. The van der Waals surface area contributed by atoms with Gasteiger partial charge in [-0.1, -0.05) is 5.16 Å². The number of rotatable bonds is 3. The topological polar surface area (TPSA) is 74.2 Å². The van der Waals surface area contributed by atoms with Crippen LogP contribution in [0.15, 0.2) is 16.7 Å². The summed E-state index contributed by atoms with van der Waals surface area (Å²) in [4.78, 5) is 4.25. The first-order valence-corrected chi connectivity index (χ1v) is 6.04. The fourth-order valence-electron chi connectivity index (χ4n) is 2.39. The SMILES string of the molecule is COc1cc2c(cc1-c1noc(CN)n1)CCC2. The Morgan fingerprint density at radius 3 is 2.78 bits per heavy atom. The van der Waals surface area contributed by atoms with Crippen molar-refractivity contribution < 1.29 is 9.26 Å². The van der Waals surface area contributed by atoms with Crippen molar-refractivity contribution in [3.8, 4) is 17.1 Å². The van der Waals surface area contributed by atoms with Crippen molar-refractivity contribution in [3.63, 3.8) is 0 Å². The number of ether oxygens (including phenoxy) is 1. The fraction of sp³-hybridized carbons (Fsp3) is 0.385. The van der Waals surface area contributed by atoms with Crippen molar-refractivity contribution in [1.82, 2.24) is 10.1 Å². The molecule has 1 aromatic carbocycles. The molecule has 2 N–H and O–H groups in total. The van der Waals surface area contributed by atoms with Gasteiger partial charge in [-0.25, -0.2) is 0 Å². The Morgan fingerprint density at radius 2 is 2.11 bits per heavy atom. The Hall–Kier alpha value is -1.88. The van der Waals surface area contributed by atoms with Gasteiger partial charge in [-0.15, -0.1) is 0 Å². The number of aryl methyl sites for hydroxylation is 2. The molecule has 1 aromatic heterocycles. The molecule has 5 nitrogen and oxygen atoms in total. The van der Waals surface area contributed by atoms with Crippen molar-refractivity contribution in [3.05, 3.63) is 29.2 Å². The molecule has 1 aliphatic carbocycles. The largest absolute Gasteiger partial charge is 0.496 e. The van der Waals surface area contributed by atoms with Crippen molar-refractivity contribution in [2.24, 2.45) is 5.73 Å². The number of fused-ring (bicyclic) bond motifs is 1. The predicted molar refractivity (Wildman–Crippen MR) is 66.2 cm³/mol. The lowest BCUT2D eigenvalue weighted by Gasteiger charge is -2.08. The second-order valence-corrected chi connectivity index (χ2v) is 4.39.